The topological polar surface area (TPSA) is 29.3 Å². The van der Waals surface area contributed by atoms with E-state index < -0.39 is 0 Å². The van der Waals surface area contributed by atoms with E-state index in [0.717, 1.165) is 6.54 Å². The van der Waals surface area contributed by atoms with Gasteiger partial charge in [-0.2, -0.15) is 11.8 Å². The molecule has 0 aliphatic rings. The lowest BCUT2D eigenvalue weighted by atomic mass is 9.86. The van der Waals surface area contributed by atoms with Crippen LogP contribution >= 0.6 is 11.8 Å². The first-order chi connectivity index (χ1) is 7.34. The Labute approximate surface area is 106 Å². The zero-order chi connectivity index (χ0) is 12.8. The van der Waals surface area contributed by atoms with Crippen molar-refractivity contribution in [3.63, 3.8) is 0 Å². The minimum Gasteiger partial charge on any atom is -0.329 e. The maximum absolute atomic E-state index is 5.89. The van der Waals surface area contributed by atoms with Gasteiger partial charge in [0, 0.05) is 18.6 Å². The second kappa shape index (κ2) is 7.57. The van der Waals surface area contributed by atoms with Gasteiger partial charge in [-0.15, -0.1) is 0 Å². The standard InChI is InChI=1S/C13H30N2S/c1-11(13(2,3)4)15(5)12(10-14)8-7-9-16-6/h11-12H,7-10,14H2,1-6H3. The largest absolute Gasteiger partial charge is 0.329 e. The van der Waals surface area contributed by atoms with Crippen molar-refractivity contribution >= 4 is 11.8 Å². The average Bonchev–Trinajstić information content (AvgIpc) is 2.21. The summed E-state index contributed by atoms with van der Waals surface area (Å²) >= 11 is 1.92. The van der Waals surface area contributed by atoms with E-state index in [1.54, 1.807) is 0 Å². The first-order valence-corrected chi connectivity index (χ1v) is 7.65. The van der Waals surface area contributed by atoms with Crippen LogP contribution in [-0.2, 0) is 0 Å². The van der Waals surface area contributed by atoms with Crippen molar-refractivity contribution in [1.29, 1.82) is 0 Å². The normalized spacial score (nSPS) is 16.5. The molecule has 3 heteroatoms. The summed E-state index contributed by atoms with van der Waals surface area (Å²) in [5.74, 6) is 1.24. The van der Waals surface area contributed by atoms with E-state index in [0.29, 0.717) is 17.5 Å². The zero-order valence-electron chi connectivity index (χ0n) is 11.9. The van der Waals surface area contributed by atoms with Gasteiger partial charge < -0.3 is 5.73 Å². The molecular weight excluding hydrogens is 216 g/mol. The van der Waals surface area contributed by atoms with Gasteiger partial charge in [0.25, 0.3) is 0 Å². The monoisotopic (exact) mass is 246 g/mol. The number of rotatable bonds is 7. The molecule has 2 nitrogen and oxygen atoms in total. The molecule has 2 N–H and O–H groups in total. The number of hydrogen-bond acceptors (Lipinski definition) is 3. The molecule has 0 aromatic carbocycles. The van der Waals surface area contributed by atoms with Crippen LogP contribution in [0.25, 0.3) is 0 Å². The number of nitrogens with two attached hydrogens (primary N) is 1. The van der Waals surface area contributed by atoms with Gasteiger partial charge >= 0.3 is 0 Å². The number of thioether (sulfide) groups is 1. The van der Waals surface area contributed by atoms with Crippen LogP contribution in [0.2, 0.25) is 0 Å². The van der Waals surface area contributed by atoms with Gasteiger partial charge in [-0.05, 0) is 44.2 Å². The lowest BCUT2D eigenvalue weighted by Gasteiger charge is -2.40. The van der Waals surface area contributed by atoms with Gasteiger partial charge in [0.2, 0.25) is 0 Å². The lowest BCUT2D eigenvalue weighted by molar-refractivity contribution is 0.0957. The van der Waals surface area contributed by atoms with Crippen LogP contribution in [0.5, 0.6) is 0 Å². The third-order valence-electron chi connectivity index (χ3n) is 3.60. The van der Waals surface area contributed by atoms with Gasteiger partial charge in [-0.1, -0.05) is 20.8 Å². The molecule has 0 aliphatic carbocycles. The third kappa shape index (κ3) is 5.55. The van der Waals surface area contributed by atoms with Gasteiger partial charge in [0.05, 0.1) is 0 Å². The van der Waals surface area contributed by atoms with Crippen LogP contribution in [0.3, 0.4) is 0 Å². The quantitative estimate of drug-likeness (QED) is 0.701. The highest BCUT2D eigenvalue weighted by Gasteiger charge is 2.27. The summed E-state index contributed by atoms with van der Waals surface area (Å²) in [7, 11) is 2.21. The molecule has 0 radical (unpaired) electrons. The van der Waals surface area contributed by atoms with Crippen LogP contribution < -0.4 is 5.73 Å². The van der Waals surface area contributed by atoms with Crippen LogP contribution in [-0.4, -0.2) is 42.6 Å². The van der Waals surface area contributed by atoms with Crippen LogP contribution in [0.15, 0.2) is 0 Å². The summed E-state index contributed by atoms with van der Waals surface area (Å²) in [4.78, 5) is 2.46. The molecule has 0 saturated carbocycles. The second-order valence-electron chi connectivity index (χ2n) is 5.73. The van der Waals surface area contributed by atoms with Crippen molar-refractivity contribution in [2.45, 2.75) is 52.6 Å². The van der Waals surface area contributed by atoms with Gasteiger partial charge in [0.15, 0.2) is 0 Å². The Bertz CT molecular complexity index is 177. The summed E-state index contributed by atoms with van der Waals surface area (Å²) < 4.78 is 0. The Kier molecular flexibility index (Phi) is 7.70. The van der Waals surface area contributed by atoms with Crippen molar-refractivity contribution in [1.82, 2.24) is 4.90 Å². The molecule has 2 atom stereocenters. The maximum Gasteiger partial charge on any atom is 0.0218 e. The van der Waals surface area contributed by atoms with E-state index in [9.17, 15) is 0 Å². The Hall–Kier alpha value is 0.270. The second-order valence-corrected chi connectivity index (χ2v) is 6.72. The molecule has 0 rings (SSSR count). The molecular formula is C13H30N2S. The van der Waals surface area contributed by atoms with Gasteiger partial charge in [-0.25, -0.2) is 0 Å². The molecule has 0 bridgehead atoms. The molecule has 0 saturated heterocycles. The first-order valence-electron chi connectivity index (χ1n) is 6.25. The van der Waals surface area contributed by atoms with Crippen molar-refractivity contribution in [3.05, 3.63) is 0 Å². The molecule has 0 aromatic heterocycles. The Morgan fingerprint density at radius 1 is 1.31 bits per heavy atom. The molecule has 98 valence electrons. The Morgan fingerprint density at radius 3 is 2.25 bits per heavy atom. The van der Waals surface area contributed by atoms with E-state index >= 15 is 0 Å². The highest BCUT2D eigenvalue weighted by Crippen LogP contribution is 2.25. The van der Waals surface area contributed by atoms with Crippen molar-refractivity contribution < 1.29 is 0 Å². The SMILES string of the molecule is CSCCCC(CN)N(C)C(C)C(C)(C)C. The predicted molar refractivity (Wildman–Crippen MR) is 77.1 cm³/mol. The Morgan fingerprint density at radius 2 is 1.88 bits per heavy atom. The molecule has 0 fully saturated rings. The zero-order valence-corrected chi connectivity index (χ0v) is 12.7. The predicted octanol–water partition coefficient (Wildman–Crippen LogP) is 2.82. The lowest BCUT2D eigenvalue weighted by Crippen LogP contribution is -2.48. The fourth-order valence-corrected chi connectivity index (χ4v) is 2.33. The fraction of sp³-hybridized carbons (Fsp3) is 1.00. The van der Waals surface area contributed by atoms with Gasteiger partial charge in [-0.3, -0.25) is 4.90 Å². The summed E-state index contributed by atoms with van der Waals surface area (Å²) in [5.41, 5.74) is 6.21. The van der Waals surface area contributed by atoms with E-state index in [1.807, 2.05) is 11.8 Å². The van der Waals surface area contributed by atoms with Crippen molar-refractivity contribution in [2.75, 3.05) is 25.6 Å². The molecule has 0 heterocycles. The fourth-order valence-electron chi connectivity index (χ4n) is 1.88. The number of nitrogens with zero attached hydrogens (tertiary/aromatic N) is 1. The van der Waals surface area contributed by atoms with Crippen LogP contribution in [0, 0.1) is 5.41 Å². The van der Waals surface area contributed by atoms with E-state index in [4.69, 9.17) is 5.73 Å². The van der Waals surface area contributed by atoms with Gasteiger partial charge in [0.1, 0.15) is 0 Å². The number of hydrogen-bond donors (Lipinski definition) is 1. The minimum absolute atomic E-state index is 0.321. The smallest absolute Gasteiger partial charge is 0.0218 e. The molecule has 0 spiro atoms. The third-order valence-corrected chi connectivity index (χ3v) is 4.30. The van der Waals surface area contributed by atoms with Crippen LogP contribution in [0.1, 0.15) is 40.5 Å². The maximum atomic E-state index is 5.89. The summed E-state index contributed by atoms with van der Waals surface area (Å²) in [6.07, 6.45) is 4.65. The summed E-state index contributed by atoms with van der Waals surface area (Å²) in [6, 6.07) is 1.09. The molecule has 2 unspecified atom stereocenters. The Balaban J connectivity index is 4.24. The molecule has 0 amide bonds. The minimum atomic E-state index is 0.321. The molecule has 0 aliphatic heterocycles. The summed E-state index contributed by atoms with van der Waals surface area (Å²) in [5, 5.41) is 0. The highest BCUT2D eigenvalue weighted by atomic mass is 32.2. The van der Waals surface area contributed by atoms with Crippen molar-refractivity contribution in [2.24, 2.45) is 11.1 Å². The van der Waals surface area contributed by atoms with E-state index in [-0.39, 0.29) is 0 Å². The van der Waals surface area contributed by atoms with Crippen molar-refractivity contribution in [3.8, 4) is 0 Å². The van der Waals surface area contributed by atoms with Crippen LogP contribution in [0.4, 0.5) is 0 Å². The molecule has 16 heavy (non-hydrogen) atoms. The summed E-state index contributed by atoms with van der Waals surface area (Å²) in [6.45, 7) is 9.96. The molecule has 0 aromatic rings. The first kappa shape index (κ1) is 16.3. The van der Waals surface area contributed by atoms with E-state index in [2.05, 4.69) is 45.9 Å². The van der Waals surface area contributed by atoms with E-state index in [1.165, 1.54) is 18.6 Å². The highest BCUT2D eigenvalue weighted by molar-refractivity contribution is 7.98. The average molecular weight is 246 g/mol. The number of likely N-dealkylation sites (N-methyl/N-ethyl adjacent to an activating group) is 1.